The third kappa shape index (κ3) is 4.55. The van der Waals surface area contributed by atoms with Crippen molar-refractivity contribution in [3.05, 3.63) is 87.4 Å². The van der Waals surface area contributed by atoms with Gasteiger partial charge in [0.2, 0.25) is 0 Å². The second-order valence-electron chi connectivity index (χ2n) is 7.18. The summed E-state index contributed by atoms with van der Waals surface area (Å²) in [6.45, 7) is 5.16. The summed E-state index contributed by atoms with van der Waals surface area (Å²) in [6, 6.07) is 17.1. The van der Waals surface area contributed by atoms with Crippen LogP contribution in [0.3, 0.4) is 0 Å². The van der Waals surface area contributed by atoms with Crippen molar-refractivity contribution < 1.29 is 4.92 Å². The number of rotatable bonds is 6. The van der Waals surface area contributed by atoms with E-state index in [0.717, 1.165) is 49.9 Å². The van der Waals surface area contributed by atoms with Gasteiger partial charge >= 0.3 is 0 Å². The van der Waals surface area contributed by atoms with Gasteiger partial charge in [0, 0.05) is 62.9 Å². The number of nitro groups is 1. The van der Waals surface area contributed by atoms with Crippen LogP contribution in [0.25, 0.3) is 0 Å². The van der Waals surface area contributed by atoms with Gasteiger partial charge in [0.25, 0.3) is 5.69 Å². The smallest absolute Gasteiger partial charge is 0.269 e. The van der Waals surface area contributed by atoms with Crippen molar-refractivity contribution in [1.82, 2.24) is 14.0 Å². The minimum Gasteiger partial charge on any atom is -0.369 e. The summed E-state index contributed by atoms with van der Waals surface area (Å²) in [6.07, 6.45) is 4.09. The first kappa shape index (κ1) is 19.4. The Balaban J connectivity index is 1.34. The van der Waals surface area contributed by atoms with Gasteiger partial charge in [-0.2, -0.15) is 0 Å². The summed E-state index contributed by atoms with van der Waals surface area (Å²) in [5, 5.41) is 10.8. The van der Waals surface area contributed by atoms with Crippen LogP contribution in [0.1, 0.15) is 5.56 Å². The molecule has 2 aromatic carbocycles. The van der Waals surface area contributed by atoms with Crippen molar-refractivity contribution in [3.63, 3.8) is 0 Å². The zero-order valence-corrected chi connectivity index (χ0v) is 16.9. The Bertz CT molecular complexity index is 1020. The molecule has 3 aromatic rings. The van der Waals surface area contributed by atoms with Crippen LogP contribution in [-0.4, -0.2) is 45.1 Å². The summed E-state index contributed by atoms with van der Waals surface area (Å²) in [5.74, 6) is 0. The molecule has 0 N–H and O–H groups in total. The van der Waals surface area contributed by atoms with Crippen LogP contribution in [0, 0.1) is 14.9 Å². The second kappa shape index (κ2) is 8.59. The lowest BCUT2D eigenvalue weighted by molar-refractivity contribution is -0.384. The molecule has 1 aliphatic heterocycles. The highest BCUT2D eigenvalue weighted by molar-refractivity contribution is 7.71. The molecule has 150 valence electrons. The molecule has 1 aromatic heterocycles. The van der Waals surface area contributed by atoms with Crippen molar-refractivity contribution >= 4 is 23.6 Å². The summed E-state index contributed by atoms with van der Waals surface area (Å²) in [7, 11) is 0. The van der Waals surface area contributed by atoms with Crippen LogP contribution in [0.2, 0.25) is 0 Å². The standard InChI is InChI=1S/C21H23N5O2S/c27-26(28)20-8-6-19(7-9-20)23-12-10-22(11-13-23)17-25-15-14-24(21(25)29)16-18-4-2-1-3-5-18/h1-9,14-15H,10-13,16-17H2. The van der Waals surface area contributed by atoms with Crippen LogP contribution in [-0.2, 0) is 13.2 Å². The Labute approximate surface area is 174 Å². The second-order valence-corrected chi connectivity index (χ2v) is 7.55. The van der Waals surface area contributed by atoms with Gasteiger partial charge in [-0.15, -0.1) is 0 Å². The molecule has 0 amide bonds. The molecule has 0 unspecified atom stereocenters. The number of nitro benzene ring substituents is 1. The van der Waals surface area contributed by atoms with Crippen LogP contribution in [0.4, 0.5) is 11.4 Å². The zero-order valence-electron chi connectivity index (χ0n) is 16.1. The number of imidazole rings is 1. The molecule has 0 spiro atoms. The van der Waals surface area contributed by atoms with Crippen molar-refractivity contribution in [3.8, 4) is 0 Å². The predicted molar refractivity (Wildman–Crippen MR) is 116 cm³/mol. The maximum Gasteiger partial charge on any atom is 0.269 e. The lowest BCUT2D eigenvalue weighted by atomic mass is 10.2. The van der Waals surface area contributed by atoms with Crippen molar-refractivity contribution in [1.29, 1.82) is 0 Å². The molecule has 0 saturated carbocycles. The fourth-order valence-corrected chi connectivity index (χ4v) is 3.85. The topological polar surface area (TPSA) is 59.5 Å². The highest BCUT2D eigenvalue weighted by Crippen LogP contribution is 2.21. The predicted octanol–water partition coefficient (Wildman–Crippen LogP) is 3.76. The first-order chi connectivity index (χ1) is 14.1. The third-order valence-electron chi connectivity index (χ3n) is 5.26. The van der Waals surface area contributed by atoms with E-state index >= 15 is 0 Å². The van der Waals surface area contributed by atoms with E-state index < -0.39 is 0 Å². The first-order valence-electron chi connectivity index (χ1n) is 9.61. The highest BCUT2D eigenvalue weighted by atomic mass is 32.1. The lowest BCUT2D eigenvalue weighted by Crippen LogP contribution is -2.46. The Kier molecular flexibility index (Phi) is 5.73. The average molecular weight is 410 g/mol. The number of piperazine rings is 1. The number of benzene rings is 2. The van der Waals surface area contributed by atoms with Crippen molar-refractivity contribution in [2.75, 3.05) is 31.1 Å². The van der Waals surface area contributed by atoms with E-state index in [4.69, 9.17) is 12.2 Å². The number of aromatic nitrogens is 2. The number of nitrogens with zero attached hydrogens (tertiary/aromatic N) is 5. The number of anilines is 1. The van der Waals surface area contributed by atoms with Crippen LogP contribution >= 0.6 is 12.2 Å². The molecule has 29 heavy (non-hydrogen) atoms. The Hall–Kier alpha value is -2.97. The molecule has 1 saturated heterocycles. The normalized spacial score (nSPS) is 14.8. The average Bonchev–Trinajstić information content (AvgIpc) is 3.09. The van der Waals surface area contributed by atoms with E-state index in [1.165, 1.54) is 5.56 Å². The molecule has 0 radical (unpaired) electrons. The maximum atomic E-state index is 10.8. The molecule has 1 aliphatic rings. The number of non-ortho nitro benzene ring substituents is 1. The molecule has 4 rings (SSSR count). The van der Waals surface area contributed by atoms with Crippen LogP contribution in [0.5, 0.6) is 0 Å². The number of hydrogen-bond donors (Lipinski definition) is 0. The minimum atomic E-state index is -0.366. The summed E-state index contributed by atoms with van der Waals surface area (Å²) in [5.41, 5.74) is 2.39. The van der Waals surface area contributed by atoms with E-state index in [9.17, 15) is 10.1 Å². The summed E-state index contributed by atoms with van der Waals surface area (Å²) >= 11 is 5.66. The largest absolute Gasteiger partial charge is 0.369 e. The maximum absolute atomic E-state index is 10.8. The molecule has 7 nitrogen and oxygen atoms in total. The van der Waals surface area contributed by atoms with E-state index in [1.807, 2.05) is 42.7 Å². The molecule has 0 aliphatic carbocycles. The molecule has 8 heteroatoms. The fourth-order valence-electron chi connectivity index (χ4n) is 3.61. The molecule has 1 fully saturated rings. The lowest BCUT2D eigenvalue weighted by Gasteiger charge is -2.36. The number of hydrogen-bond acceptors (Lipinski definition) is 5. The summed E-state index contributed by atoms with van der Waals surface area (Å²) in [4.78, 5) is 15.1. The SMILES string of the molecule is O=[N+]([O-])c1ccc(N2CCN(Cn3ccn(Cc4ccccc4)c3=S)CC2)cc1. The molecular weight excluding hydrogens is 386 g/mol. The van der Waals surface area contributed by atoms with Gasteiger partial charge in [0.15, 0.2) is 4.77 Å². The van der Waals surface area contributed by atoms with Crippen molar-refractivity contribution in [2.45, 2.75) is 13.2 Å². The van der Waals surface area contributed by atoms with Gasteiger partial charge in [-0.1, -0.05) is 30.3 Å². The van der Waals surface area contributed by atoms with E-state index in [0.29, 0.717) is 0 Å². The van der Waals surface area contributed by atoms with Crippen LogP contribution in [0.15, 0.2) is 67.0 Å². The Morgan fingerprint density at radius 3 is 2.21 bits per heavy atom. The van der Waals surface area contributed by atoms with Gasteiger partial charge in [0.1, 0.15) is 0 Å². The Morgan fingerprint density at radius 2 is 1.55 bits per heavy atom. The molecule has 2 heterocycles. The van der Waals surface area contributed by atoms with Crippen LogP contribution < -0.4 is 4.90 Å². The van der Waals surface area contributed by atoms with Gasteiger partial charge in [0.05, 0.1) is 11.6 Å². The van der Waals surface area contributed by atoms with E-state index in [-0.39, 0.29) is 10.6 Å². The molecule has 0 bridgehead atoms. The molecular formula is C21H23N5O2S. The minimum absolute atomic E-state index is 0.127. The van der Waals surface area contributed by atoms with Gasteiger partial charge < -0.3 is 14.0 Å². The van der Waals surface area contributed by atoms with E-state index in [2.05, 4.69) is 31.1 Å². The quantitative estimate of drug-likeness (QED) is 0.353. The fraction of sp³-hybridized carbons (Fsp3) is 0.286. The van der Waals surface area contributed by atoms with Gasteiger partial charge in [-0.05, 0) is 29.9 Å². The zero-order chi connectivity index (χ0) is 20.2. The van der Waals surface area contributed by atoms with Crippen molar-refractivity contribution in [2.24, 2.45) is 0 Å². The Morgan fingerprint density at radius 1 is 0.897 bits per heavy atom. The monoisotopic (exact) mass is 409 g/mol. The molecule has 0 atom stereocenters. The highest BCUT2D eigenvalue weighted by Gasteiger charge is 2.18. The first-order valence-corrected chi connectivity index (χ1v) is 10.0. The van der Waals surface area contributed by atoms with Gasteiger partial charge in [-0.25, -0.2) is 0 Å². The van der Waals surface area contributed by atoms with E-state index in [1.54, 1.807) is 12.1 Å². The third-order valence-corrected chi connectivity index (χ3v) is 5.73. The summed E-state index contributed by atoms with van der Waals surface area (Å²) < 4.78 is 5.03. The van der Waals surface area contributed by atoms with Gasteiger partial charge in [-0.3, -0.25) is 15.0 Å².